The van der Waals surface area contributed by atoms with Crippen molar-refractivity contribution in [2.45, 2.75) is 45.1 Å². The Morgan fingerprint density at radius 1 is 1.24 bits per heavy atom. The summed E-state index contributed by atoms with van der Waals surface area (Å²) in [4.78, 5) is 0. The zero-order valence-electron chi connectivity index (χ0n) is 10.7. The standard InChI is InChI=1S/C16H23N/c1-2-16(11-12-6-4-3-5-7-12)14-9-8-13(10-14)15(16)17/h3-7,13-15H,2,8-11,17H2,1H3/t13-,14+,15-,16?/m1/s1. The van der Waals surface area contributed by atoms with Crippen LogP contribution in [-0.4, -0.2) is 6.04 Å². The lowest BCUT2D eigenvalue weighted by molar-refractivity contribution is 0.124. The van der Waals surface area contributed by atoms with Crippen molar-refractivity contribution in [1.82, 2.24) is 0 Å². The number of hydrogen-bond donors (Lipinski definition) is 1. The van der Waals surface area contributed by atoms with E-state index in [9.17, 15) is 0 Å². The van der Waals surface area contributed by atoms with Gasteiger partial charge in [0.1, 0.15) is 0 Å². The Hall–Kier alpha value is -0.820. The fourth-order valence-corrected chi connectivity index (χ4v) is 4.49. The van der Waals surface area contributed by atoms with Crippen LogP contribution in [0.4, 0.5) is 0 Å². The molecule has 4 atom stereocenters. The monoisotopic (exact) mass is 229 g/mol. The first kappa shape index (κ1) is 11.3. The molecule has 2 bridgehead atoms. The number of benzene rings is 1. The summed E-state index contributed by atoms with van der Waals surface area (Å²) < 4.78 is 0. The second kappa shape index (κ2) is 4.13. The van der Waals surface area contributed by atoms with Crippen molar-refractivity contribution < 1.29 is 0 Å². The van der Waals surface area contributed by atoms with Crippen LogP contribution in [0.5, 0.6) is 0 Å². The van der Waals surface area contributed by atoms with Crippen molar-refractivity contribution in [3.05, 3.63) is 35.9 Å². The quantitative estimate of drug-likeness (QED) is 0.845. The number of fused-ring (bicyclic) bond motifs is 2. The van der Waals surface area contributed by atoms with E-state index in [0.29, 0.717) is 11.5 Å². The van der Waals surface area contributed by atoms with Crippen LogP contribution in [-0.2, 0) is 6.42 Å². The van der Waals surface area contributed by atoms with E-state index >= 15 is 0 Å². The largest absolute Gasteiger partial charge is 0.327 e. The summed E-state index contributed by atoms with van der Waals surface area (Å²) in [7, 11) is 0. The van der Waals surface area contributed by atoms with Crippen LogP contribution in [0.2, 0.25) is 0 Å². The van der Waals surface area contributed by atoms with Gasteiger partial charge in [-0.05, 0) is 54.9 Å². The van der Waals surface area contributed by atoms with Crippen LogP contribution in [0.3, 0.4) is 0 Å². The van der Waals surface area contributed by atoms with E-state index in [1.54, 1.807) is 0 Å². The third-order valence-corrected chi connectivity index (χ3v) is 5.49. The van der Waals surface area contributed by atoms with Gasteiger partial charge in [-0.2, -0.15) is 0 Å². The van der Waals surface area contributed by atoms with Gasteiger partial charge in [-0.25, -0.2) is 0 Å². The highest BCUT2D eigenvalue weighted by molar-refractivity contribution is 5.20. The predicted molar refractivity (Wildman–Crippen MR) is 71.7 cm³/mol. The normalized spacial score (nSPS) is 39.8. The third kappa shape index (κ3) is 1.63. The summed E-state index contributed by atoms with van der Waals surface area (Å²) in [5, 5.41) is 0. The van der Waals surface area contributed by atoms with Crippen molar-refractivity contribution in [2.24, 2.45) is 23.0 Å². The Kier molecular flexibility index (Phi) is 2.74. The van der Waals surface area contributed by atoms with Crippen LogP contribution in [0.25, 0.3) is 0 Å². The Bertz CT molecular complexity index is 382. The smallest absolute Gasteiger partial charge is 0.0130 e. The van der Waals surface area contributed by atoms with Crippen molar-refractivity contribution >= 4 is 0 Å². The summed E-state index contributed by atoms with van der Waals surface area (Å²) in [6, 6.07) is 11.4. The maximum Gasteiger partial charge on any atom is 0.0130 e. The van der Waals surface area contributed by atoms with Crippen LogP contribution in [0.15, 0.2) is 30.3 Å². The van der Waals surface area contributed by atoms with E-state index < -0.39 is 0 Å². The molecule has 1 nitrogen and oxygen atoms in total. The predicted octanol–water partition coefficient (Wildman–Crippen LogP) is 3.38. The van der Waals surface area contributed by atoms with Gasteiger partial charge in [0.15, 0.2) is 0 Å². The minimum absolute atomic E-state index is 0.393. The first-order valence-electron chi connectivity index (χ1n) is 7.06. The molecule has 0 saturated heterocycles. The lowest BCUT2D eigenvalue weighted by atomic mass is 9.65. The maximum absolute atomic E-state index is 6.56. The summed E-state index contributed by atoms with van der Waals surface area (Å²) in [6.07, 6.45) is 6.61. The Balaban J connectivity index is 1.88. The van der Waals surface area contributed by atoms with Crippen molar-refractivity contribution in [1.29, 1.82) is 0 Å². The van der Waals surface area contributed by atoms with E-state index in [4.69, 9.17) is 5.73 Å². The van der Waals surface area contributed by atoms with E-state index in [1.807, 2.05) is 0 Å². The van der Waals surface area contributed by atoms with Gasteiger partial charge < -0.3 is 5.73 Å². The molecule has 2 N–H and O–H groups in total. The van der Waals surface area contributed by atoms with Crippen LogP contribution in [0, 0.1) is 17.3 Å². The highest BCUT2D eigenvalue weighted by Crippen LogP contribution is 2.58. The zero-order valence-corrected chi connectivity index (χ0v) is 10.7. The molecule has 1 heteroatoms. The van der Waals surface area contributed by atoms with Crippen LogP contribution < -0.4 is 5.73 Å². The average Bonchev–Trinajstić information content (AvgIpc) is 2.94. The molecule has 1 aromatic carbocycles. The first-order valence-corrected chi connectivity index (χ1v) is 7.06. The molecular formula is C16H23N. The summed E-state index contributed by atoms with van der Waals surface area (Å²) >= 11 is 0. The number of nitrogens with two attached hydrogens (primary N) is 1. The zero-order chi connectivity index (χ0) is 11.9. The van der Waals surface area contributed by atoms with Crippen molar-refractivity contribution in [3.8, 4) is 0 Å². The summed E-state index contributed by atoms with van der Waals surface area (Å²) in [6.45, 7) is 2.34. The van der Waals surface area contributed by atoms with Crippen molar-refractivity contribution in [3.63, 3.8) is 0 Å². The van der Waals surface area contributed by atoms with Gasteiger partial charge in [0.05, 0.1) is 0 Å². The lowest BCUT2D eigenvalue weighted by Gasteiger charge is -2.42. The topological polar surface area (TPSA) is 26.0 Å². The minimum Gasteiger partial charge on any atom is -0.327 e. The molecule has 17 heavy (non-hydrogen) atoms. The third-order valence-electron chi connectivity index (χ3n) is 5.49. The lowest BCUT2D eigenvalue weighted by Crippen LogP contribution is -2.47. The maximum atomic E-state index is 6.56. The van der Waals surface area contributed by atoms with E-state index in [-0.39, 0.29) is 0 Å². The molecule has 0 aromatic heterocycles. The molecule has 2 aliphatic rings. The van der Waals surface area contributed by atoms with E-state index in [0.717, 1.165) is 11.8 Å². The Morgan fingerprint density at radius 3 is 2.59 bits per heavy atom. The summed E-state index contributed by atoms with van der Waals surface area (Å²) in [5.41, 5.74) is 8.42. The Labute approximate surface area is 104 Å². The molecule has 2 aliphatic carbocycles. The molecule has 0 aliphatic heterocycles. The molecule has 0 spiro atoms. The van der Waals surface area contributed by atoms with Crippen molar-refractivity contribution in [2.75, 3.05) is 0 Å². The van der Waals surface area contributed by atoms with Gasteiger partial charge in [-0.3, -0.25) is 0 Å². The highest BCUT2D eigenvalue weighted by atomic mass is 14.8. The van der Waals surface area contributed by atoms with Gasteiger partial charge in [-0.15, -0.1) is 0 Å². The molecule has 92 valence electrons. The molecule has 2 fully saturated rings. The van der Waals surface area contributed by atoms with E-state index in [2.05, 4.69) is 37.3 Å². The molecule has 1 aromatic rings. The SMILES string of the molecule is CCC1(Cc2ccccc2)[C@H]2CC[C@H](C2)[C@H]1N. The molecule has 3 rings (SSSR count). The summed E-state index contributed by atoms with van der Waals surface area (Å²) in [5.74, 6) is 1.69. The molecule has 0 radical (unpaired) electrons. The number of hydrogen-bond acceptors (Lipinski definition) is 1. The van der Waals surface area contributed by atoms with Gasteiger partial charge in [0.25, 0.3) is 0 Å². The molecule has 0 amide bonds. The molecule has 1 unspecified atom stereocenters. The molecule has 2 saturated carbocycles. The van der Waals surface area contributed by atoms with Gasteiger partial charge in [-0.1, -0.05) is 37.3 Å². The van der Waals surface area contributed by atoms with Gasteiger partial charge in [0.2, 0.25) is 0 Å². The van der Waals surface area contributed by atoms with E-state index in [1.165, 1.54) is 37.7 Å². The fourth-order valence-electron chi connectivity index (χ4n) is 4.49. The van der Waals surface area contributed by atoms with Crippen LogP contribution >= 0.6 is 0 Å². The Morgan fingerprint density at radius 2 is 2.00 bits per heavy atom. The molecule has 0 heterocycles. The first-order chi connectivity index (χ1) is 8.26. The number of rotatable bonds is 3. The van der Waals surface area contributed by atoms with Crippen LogP contribution in [0.1, 0.15) is 38.2 Å². The average molecular weight is 229 g/mol. The molecular weight excluding hydrogens is 206 g/mol. The highest BCUT2D eigenvalue weighted by Gasteiger charge is 2.55. The second-order valence-electron chi connectivity index (χ2n) is 6.04. The van der Waals surface area contributed by atoms with Gasteiger partial charge in [0, 0.05) is 6.04 Å². The fraction of sp³-hybridized carbons (Fsp3) is 0.625. The minimum atomic E-state index is 0.393. The van der Waals surface area contributed by atoms with Gasteiger partial charge >= 0.3 is 0 Å². The second-order valence-corrected chi connectivity index (χ2v) is 6.04.